The molecule has 0 atom stereocenters. The van der Waals surface area contributed by atoms with Crippen LogP contribution in [-0.2, 0) is 10.0 Å². The van der Waals surface area contributed by atoms with Gasteiger partial charge in [0.05, 0.1) is 18.0 Å². The lowest BCUT2D eigenvalue weighted by Gasteiger charge is -2.35. The topological polar surface area (TPSA) is 102 Å². The zero-order valence-corrected chi connectivity index (χ0v) is 16.7. The molecule has 4 rings (SSSR count). The molecular weight excluding hydrogens is 382 g/mol. The van der Waals surface area contributed by atoms with Crippen molar-refractivity contribution in [2.24, 2.45) is 0 Å². The summed E-state index contributed by atoms with van der Waals surface area (Å²) in [6, 6.07) is 5.88. The van der Waals surface area contributed by atoms with Crippen LogP contribution < -0.4 is 9.64 Å². The highest BCUT2D eigenvalue weighted by Gasteiger charge is 2.33. The molecule has 0 bridgehead atoms. The molecular formula is C18H21N5O4S. The number of rotatable bonds is 4. The summed E-state index contributed by atoms with van der Waals surface area (Å²) in [5, 5.41) is 4.60. The molecule has 0 radical (unpaired) electrons. The summed E-state index contributed by atoms with van der Waals surface area (Å²) in [4.78, 5) is 10.7. The van der Waals surface area contributed by atoms with Crippen molar-refractivity contribution < 1.29 is 17.7 Å². The van der Waals surface area contributed by atoms with E-state index in [-0.39, 0.29) is 4.90 Å². The second-order valence-corrected chi connectivity index (χ2v) is 8.50. The quantitative estimate of drug-likeness (QED) is 0.649. The van der Waals surface area contributed by atoms with E-state index in [0.717, 1.165) is 16.6 Å². The van der Waals surface area contributed by atoms with Crippen molar-refractivity contribution in [1.29, 1.82) is 0 Å². The van der Waals surface area contributed by atoms with Gasteiger partial charge >= 0.3 is 0 Å². The number of hydrogen-bond acceptors (Lipinski definition) is 8. The number of nitrogens with zero attached hydrogens (tertiary/aromatic N) is 5. The van der Waals surface area contributed by atoms with Crippen molar-refractivity contribution in [2.75, 3.05) is 38.2 Å². The van der Waals surface area contributed by atoms with Crippen LogP contribution in [0.1, 0.15) is 11.5 Å². The number of benzene rings is 1. The highest BCUT2D eigenvalue weighted by molar-refractivity contribution is 7.89. The van der Waals surface area contributed by atoms with Gasteiger partial charge in [-0.15, -0.1) is 0 Å². The first-order chi connectivity index (χ1) is 13.4. The van der Waals surface area contributed by atoms with Crippen molar-refractivity contribution in [3.63, 3.8) is 0 Å². The fraction of sp³-hybridized carbons (Fsp3) is 0.389. The minimum Gasteiger partial charge on any atom is -0.480 e. The average molecular weight is 403 g/mol. The Kier molecular flexibility index (Phi) is 4.68. The molecule has 148 valence electrons. The zero-order chi connectivity index (χ0) is 19.9. The van der Waals surface area contributed by atoms with Crippen molar-refractivity contribution in [3.05, 3.63) is 36.0 Å². The largest absolute Gasteiger partial charge is 0.480 e. The van der Waals surface area contributed by atoms with Crippen LogP contribution in [0, 0.1) is 13.8 Å². The smallest absolute Gasteiger partial charge is 0.248 e. The summed E-state index contributed by atoms with van der Waals surface area (Å²) in [6.45, 7) is 5.17. The van der Waals surface area contributed by atoms with Crippen LogP contribution in [-0.4, -0.2) is 61.1 Å². The third-order valence-corrected chi connectivity index (χ3v) is 7.09. The Labute approximate surface area is 163 Å². The molecule has 0 N–H and O–H groups in total. The molecule has 10 heteroatoms. The fourth-order valence-corrected chi connectivity index (χ4v) is 5.25. The lowest BCUT2D eigenvalue weighted by molar-refractivity contribution is 0.378. The summed E-state index contributed by atoms with van der Waals surface area (Å²) in [7, 11) is -2.04. The first-order valence-corrected chi connectivity index (χ1v) is 10.3. The maximum absolute atomic E-state index is 13.0. The Morgan fingerprint density at radius 2 is 1.86 bits per heavy atom. The number of fused-ring (bicyclic) bond motifs is 1. The van der Waals surface area contributed by atoms with E-state index in [0.29, 0.717) is 43.5 Å². The van der Waals surface area contributed by atoms with Crippen LogP contribution in [0.15, 0.2) is 33.9 Å². The molecule has 0 saturated carbocycles. The van der Waals surface area contributed by atoms with Gasteiger partial charge in [0.25, 0.3) is 0 Å². The lowest BCUT2D eigenvalue weighted by Crippen LogP contribution is -2.48. The van der Waals surface area contributed by atoms with E-state index < -0.39 is 10.0 Å². The molecule has 28 heavy (non-hydrogen) atoms. The van der Waals surface area contributed by atoms with Crippen LogP contribution in [0.2, 0.25) is 0 Å². The van der Waals surface area contributed by atoms with Crippen molar-refractivity contribution in [2.45, 2.75) is 18.7 Å². The Morgan fingerprint density at radius 3 is 2.50 bits per heavy atom. The van der Waals surface area contributed by atoms with E-state index in [1.165, 1.54) is 10.6 Å². The number of ether oxygens (including phenoxy) is 1. The number of piperazine rings is 1. The third-order valence-electron chi connectivity index (χ3n) is 4.95. The predicted molar refractivity (Wildman–Crippen MR) is 103 cm³/mol. The molecule has 1 fully saturated rings. The first-order valence-electron chi connectivity index (χ1n) is 8.88. The minimum absolute atomic E-state index is 0.175. The molecule has 0 unspecified atom stereocenters. The third kappa shape index (κ3) is 3.08. The molecule has 0 aliphatic carbocycles. The van der Waals surface area contributed by atoms with E-state index in [2.05, 4.69) is 20.0 Å². The fourth-order valence-electron chi connectivity index (χ4n) is 3.54. The van der Waals surface area contributed by atoms with Gasteiger partial charge in [-0.2, -0.15) is 4.31 Å². The van der Waals surface area contributed by atoms with E-state index in [1.54, 1.807) is 21.0 Å². The summed E-state index contributed by atoms with van der Waals surface area (Å²) < 4.78 is 37.8. The van der Waals surface area contributed by atoms with Gasteiger partial charge in [-0.1, -0.05) is 5.16 Å². The highest BCUT2D eigenvalue weighted by atomic mass is 32.2. The monoisotopic (exact) mass is 403 g/mol. The Balaban J connectivity index is 1.55. The van der Waals surface area contributed by atoms with E-state index in [1.807, 2.05) is 18.2 Å². The van der Waals surface area contributed by atoms with Crippen molar-refractivity contribution in [1.82, 2.24) is 19.4 Å². The minimum atomic E-state index is -3.62. The predicted octanol–water partition coefficient (Wildman–Crippen LogP) is 1.75. The molecule has 3 heterocycles. The van der Waals surface area contributed by atoms with E-state index in [4.69, 9.17) is 9.26 Å². The van der Waals surface area contributed by atoms with Crippen LogP contribution in [0.3, 0.4) is 0 Å². The van der Waals surface area contributed by atoms with E-state index in [9.17, 15) is 8.42 Å². The number of hydrogen-bond donors (Lipinski definition) is 0. The summed E-state index contributed by atoms with van der Waals surface area (Å²) in [6.07, 6.45) is 1.47. The number of aromatic nitrogens is 3. The van der Waals surface area contributed by atoms with Crippen LogP contribution in [0.5, 0.6) is 5.88 Å². The number of anilines is 1. The van der Waals surface area contributed by atoms with E-state index >= 15 is 0 Å². The molecule has 1 aliphatic heterocycles. The van der Waals surface area contributed by atoms with Crippen LogP contribution in [0.4, 0.5) is 5.69 Å². The van der Waals surface area contributed by atoms with Gasteiger partial charge in [0, 0.05) is 31.9 Å². The molecule has 9 nitrogen and oxygen atoms in total. The maximum Gasteiger partial charge on any atom is 0.248 e. The summed E-state index contributed by atoms with van der Waals surface area (Å²) in [5.41, 5.74) is 2.17. The van der Waals surface area contributed by atoms with Gasteiger partial charge in [0.2, 0.25) is 15.9 Å². The Morgan fingerprint density at radius 1 is 1.11 bits per heavy atom. The van der Waals surface area contributed by atoms with Gasteiger partial charge in [0.15, 0.2) is 5.76 Å². The number of sulfonamides is 1. The SMILES string of the molecule is COc1ncnc2ccc(N3CCN(S(=O)(=O)c4c(C)noc4C)CC3)cc12. The molecule has 3 aromatic rings. The standard InChI is InChI=1S/C18H21N5O4S/c1-12-17(13(2)27-21-12)28(24,25)23-8-6-22(7-9-23)14-4-5-16-15(10-14)18(26-3)20-11-19-16/h4-5,10-11H,6-9H2,1-3H3. The van der Waals surface area contributed by atoms with Gasteiger partial charge in [-0.3, -0.25) is 0 Å². The van der Waals surface area contributed by atoms with Crippen molar-refractivity contribution >= 4 is 26.6 Å². The van der Waals surface area contributed by atoms with Gasteiger partial charge < -0.3 is 14.2 Å². The molecule has 0 amide bonds. The maximum atomic E-state index is 13.0. The first kappa shape index (κ1) is 18.6. The molecule has 1 aliphatic rings. The normalized spacial score (nSPS) is 15.9. The second-order valence-electron chi connectivity index (χ2n) is 6.63. The number of methoxy groups -OCH3 is 1. The van der Waals surface area contributed by atoms with Gasteiger partial charge in [0.1, 0.15) is 16.9 Å². The van der Waals surface area contributed by atoms with Crippen LogP contribution in [0.25, 0.3) is 10.9 Å². The highest BCUT2D eigenvalue weighted by Crippen LogP contribution is 2.29. The van der Waals surface area contributed by atoms with Crippen molar-refractivity contribution in [3.8, 4) is 5.88 Å². The summed E-state index contributed by atoms with van der Waals surface area (Å²) >= 11 is 0. The molecule has 1 aromatic carbocycles. The number of aryl methyl sites for hydroxylation is 2. The lowest BCUT2D eigenvalue weighted by atomic mass is 10.2. The Hall–Kier alpha value is -2.72. The Bertz CT molecular complexity index is 1100. The molecule has 1 saturated heterocycles. The second kappa shape index (κ2) is 7.02. The zero-order valence-electron chi connectivity index (χ0n) is 15.9. The van der Waals surface area contributed by atoms with Crippen LogP contribution >= 0.6 is 0 Å². The average Bonchev–Trinajstić information content (AvgIpc) is 3.06. The molecule has 0 spiro atoms. The van der Waals surface area contributed by atoms with Gasteiger partial charge in [-0.05, 0) is 32.0 Å². The van der Waals surface area contributed by atoms with Gasteiger partial charge in [-0.25, -0.2) is 18.4 Å². The summed E-state index contributed by atoms with van der Waals surface area (Å²) in [5.74, 6) is 0.841. The molecule has 2 aromatic heterocycles.